The fraction of sp³-hybridized carbons (Fsp3) is 0.714. The molecular formula is C14H22N4O2. The third-order valence-electron chi connectivity index (χ3n) is 4.32. The van der Waals surface area contributed by atoms with Gasteiger partial charge in [-0.05, 0) is 19.4 Å². The lowest BCUT2D eigenvalue weighted by molar-refractivity contribution is -0.137. The summed E-state index contributed by atoms with van der Waals surface area (Å²) in [5.74, 6) is -0.778. The predicted octanol–water partition coefficient (Wildman–Crippen LogP) is 0.638. The summed E-state index contributed by atoms with van der Waals surface area (Å²) in [6.45, 7) is 6.10. The highest BCUT2D eigenvalue weighted by Gasteiger charge is 2.30. The number of aromatic nitrogens is 2. The molecule has 6 heteroatoms. The summed E-state index contributed by atoms with van der Waals surface area (Å²) in [6.07, 6.45) is 6.63. The van der Waals surface area contributed by atoms with Gasteiger partial charge in [-0.25, -0.2) is 0 Å². The van der Waals surface area contributed by atoms with Crippen molar-refractivity contribution >= 4 is 5.97 Å². The molecule has 20 heavy (non-hydrogen) atoms. The van der Waals surface area contributed by atoms with Crippen molar-refractivity contribution in [3.05, 3.63) is 18.0 Å². The van der Waals surface area contributed by atoms with E-state index < -0.39 is 5.97 Å². The van der Waals surface area contributed by atoms with Crippen LogP contribution in [0.4, 0.5) is 0 Å². The van der Waals surface area contributed by atoms with Gasteiger partial charge in [0, 0.05) is 44.0 Å². The Bertz CT molecular complexity index is 473. The molecule has 1 N–H and O–H groups in total. The third kappa shape index (κ3) is 3.19. The molecule has 1 aromatic heterocycles. The number of fused-ring (bicyclic) bond motifs is 1. The first kappa shape index (κ1) is 13.6. The normalized spacial score (nSPS) is 23.9. The van der Waals surface area contributed by atoms with Gasteiger partial charge < -0.3 is 5.11 Å². The van der Waals surface area contributed by atoms with Crippen LogP contribution in [0, 0.1) is 0 Å². The van der Waals surface area contributed by atoms with Crippen molar-refractivity contribution in [2.24, 2.45) is 0 Å². The van der Waals surface area contributed by atoms with E-state index in [0.29, 0.717) is 6.54 Å². The molecule has 0 saturated carbocycles. The van der Waals surface area contributed by atoms with Crippen LogP contribution in [0.3, 0.4) is 0 Å². The van der Waals surface area contributed by atoms with Gasteiger partial charge in [-0.1, -0.05) is 0 Å². The number of piperazine rings is 1. The standard InChI is InChI=1S/C14H22N4O2/c19-14(20)3-5-18-10-12(8-15-18)9-16-6-7-17-4-1-2-13(17)11-16/h8,10,13H,1-7,9,11H2,(H,19,20)/t13-/m1/s1. The van der Waals surface area contributed by atoms with Crippen LogP contribution in [0.1, 0.15) is 24.8 Å². The molecule has 0 unspecified atom stereocenters. The van der Waals surface area contributed by atoms with Gasteiger partial charge in [0.05, 0.1) is 19.2 Å². The average Bonchev–Trinajstić information content (AvgIpc) is 3.04. The van der Waals surface area contributed by atoms with Crippen molar-refractivity contribution in [1.82, 2.24) is 19.6 Å². The molecule has 3 heterocycles. The van der Waals surface area contributed by atoms with Crippen LogP contribution in [0.2, 0.25) is 0 Å². The number of carboxylic acids is 1. The summed E-state index contributed by atoms with van der Waals surface area (Å²) in [5, 5.41) is 12.9. The number of aliphatic carboxylic acids is 1. The molecule has 3 rings (SSSR count). The maximum absolute atomic E-state index is 10.5. The van der Waals surface area contributed by atoms with E-state index in [2.05, 4.69) is 14.9 Å². The molecule has 0 bridgehead atoms. The summed E-state index contributed by atoms with van der Waals surface area (Å²) in [7, 11) is 0. The Morgan fingerprint density at radius 1 is 1.40 bits per heavy atom. The lowest BCUT2D eigenvalue weighted by Crippen LogP contribution is -2.49. The highest BCUT2D eigenvalue weighted by Crippen LogP contribution is 2.22. The molecular weight excluding hydrogens is 256 g/mol. The third-order valence-corrected chi connectivity index (χ3v) is 4.32. The monoisotopic (exact) mass is 278 g/mol. The zero-order chi connectivity index (χ0) is 13.9. The number of nitrogens with zero attached hydrogens (tertiary/aromatic N) is 4. The van der Waals surface area contributed by atoms with Gasteiger partial charge in [0.1, 0.15) is 0 Å². The summed E-state index contributed by atoms with van der Waals surface area (Å²) < 4.78 is 1.73. The van der Waals surface area contributed by atoms with Crippen molar-refractivity contribution in [1.29, 1.82) is 0 Å². The van der Waals surface area contributed by atoms with Gasteiger partial charge >= 0.3 is 5.97 Å². The molecule has 0 radical (unpaired) electrons. The Morgan fingerprint density at radius 2 is 2.30 bits per heavy atom. The van der Waals surface area contributed by atoms with Crippen LogP contribution < -0.4 is 0 Å². The van der Waals surface area contributed by atoms with Crippen molar-refractivity contribution in [2.45, 2.75) is 38.4 Å². The zero-order valence-electron chi connectivity index (χ0n) is 11.7. The second kappa shape index (κ2) is 5.93. The largest absolute Gasteiger partial charge is 0.481 e. The number of aryl methyl sites for hydroxylation is 1. The SMILES string of the molecule is O=C(O)CCn1cc(CN2CCN3CCC[C@@H]3C2)cn1. The van der Waals surface area contributed by atoms with Crippen LogP contribution >= 0.6 is 0 Å². The molecule has 2 saturated heterocycles. The van der Waals surface area contributed by atoms with Crippen LogP contribution in [-0.4, -0.2) is 62.9 Å². The molecule has 0 aliphatic carbocycles. The topological polar surface area (TPSA) is 61.6 Å². The van der Waals surface area contributed by atoms with E-state index in [9.17, 15) is 4.79 Å². The van der Waals surface area contributed by atoms with Crippen molar-refractivity contribution < 1.29 is 9.90 Å². The van der Waals surface area contributed by atoms with E-state index in [0.717, 1.165) is 25.7 Å². The first-order valence-corrected chi connectivity index (χ1v) is 7.40. The second-order valence-corrected chi connectivity index (χ2v) is 5.82. The Labute approximate surface area is 119 Å². The van der Waals surface area contributed by atoms with Gasteiger partial charge in [-0.15, -0.1) is 0 Å². The second-order valence-electron chi connectivity index (χ2n) is 5.82. The van der Waals surface area contributed by atoms with E-state index in [-0.39, 0.29) is 6.42 Å². The maximum atomic E-state index is 10.5. The Hall–Kier alpha value is -1.40. The highest BCUT2D eigenvalue weighted by atomic mass is 16.4. The van der Waals surface area contributed by atoms with Gasteiger partial charge in [-0.2, -0.15) is 5.10 Å². The maximum Gasteiger partial charge on any atom is 0.305 e. The molecule has 2 aliphatic rings. The lowest BCUT2D eigenvalue weighted by atomic mass is 10.1. The Morgan fingerprint density at radius 3 is 3.15 bits per heavy atom. The number of hydrogen-bond acceptors (Lipinski definition) is 4. The molecule has 0 aromatic carbocycles. The molecule has 110 valence electrons. The van der Waals surface area contributed by atoms with Crippen LogP contribution in [0.25, 0.3) is 0 Å². The number of rotatable bonds is 5. The zero-order valence-corrected chi connectivity index (χ0v) is 11.7. The number of carbonyl (C=O) groups is 1. The fourth-order valence-corrected chi connectivity index (χ4v) is 3.28. The smallest absolute Gasteiger partial charge is 0.305 e. The summed E-state index contributed by atoms with van der Waals surface area (Å²) in [4.78, 5) is 15.6. The number of hydrogen-bond donors (Lipinski definition) is 1. The van der Waals surface area contributed by atoms with Crippen LogP contribution in [0.15, 0.2) is 12.4 Å². The van der Waals surface area contributed by atoms with Gasteiger partial charge in [0.25, 0.3) is 0 Å². The van der Waals surface area contributed by atoms with Crippen molar-refractivity contribution in [3.63, 3.8) is 0 Å². The number of carboxylic acid groups (broad SMARTS) is 1. The van der Waals surface area contributed by atoms with Gasteiger partial charge in [-0.3, -0.25) is 19.3 Å². The van der Waals surface area contributed by atoms with Gasteiger partial charge in [0.15, 0.2) is 0 Å². The van der Waals surface area contributed by atoms with E-state index in [1.807, 2.05) is 12.4 Å². The molecule has 0 spiro atoms. The van der Waals surface area contributed by atoms with Gasteiger partial charge in [0.2, 0.25) is 0 Å². The summed E-state index contributed by atoms with van der Waals surface area (Å²) >= 11 is 0. The average molecular weight is 278 g/mol. The summed E-state index contributed by atoms with van der Waals surface area (Å²) in [5.41, 5.74) is 1.18. The Balaban J connectivity index is 1.51. The first-order valence-electron chi connectivity index (χ1n) is 7.40. The van der Waals surface area contributed by atoms with E-state index in [4.69, 9.17) is 5.11 Å². The predicted molar refractivity (Wildman–Crippen MR) is 74.4 cm³/mol. The highest BCUT2D eigenvalue weighted by molar-refractivity contribution is 5.66. The minimum Gasteiger partial charge on any atom is -0.481 e. The Kier molecular flexibility index (Phi) is 4.03. The van der Waals surface area contributed by atoms with Crippen molar-refractivity contribution in [3.8, 4) is 0 Å². The molecule has 2 aliphatic heterocycles. The van der Waals surface area contributed by atoms with E-state index in [1.165, 1.54) is 31.5 Å². The quantitative estimate of drug-likeness (QED) is 0.856. The lowest BCUT2D eigenvalue weighted by Gasteiger charge is -2.37. The minimum absolute atomic E-state index is 0.127. The van der Waals surface area contributed by atoms with E-state index in [1.54, 1.807) is 4.68 Å². The molecule has 2 fully saturated rings. The summed E-state index contributed by atoms with van der Waals surface area (Å²) in [6, 6.07) is 0.741. The molecule has 1 atom stereocenters. The van der Waals surface area contributed by atoms with Crippen molar-refractivity contribution in [2.75, 3.05) is 26.2 Å². The molecule has 0 amide bonds. The molecule has 6 nitrogen and oxygen atoms in total. The molecule has 1 aromatic rings. The minimum atomic E-state index is -0.778. The first-order chi connectivity index (χ1) is 9.70. The fourth-order valence-electron chi connectivity index (χ4n) is 3.28. The van der Waals surface area contributed by atoms with Crippen LogP contribution in [0.5, 0.6) is 0 Å². The van der Waals surface area contributed by atoms with Crippen LogP contribution in [-0.2, 0) is 17.9 Å². The van der Waals surface area contributed by atoms with E-state index >= 15 is 0 Å².